The van der Waals surface area contributed by atoms with Crippen molar-refractivity contribution in [1.29, 1.82) is 0 Å². The predicted octanol–water partition coefficient (Wildman–Crippen LogP) is 5.45. The summed E-state index contributed by atoms with van der Waals surface area (Å²) in [5.41, 5.74) is 3.09. The second-order valence-corrected chi connectivity index (χ2v) is 8.40. The molecule has 0 aliphatic carbocycles. The zero-order valence-corrected chi connectivity index (χ0v) is 18.8. The molecular weight excluding hydrogens is 456 g/mol. The summed E-state index contributed by atoms with van der Waals surface area (Å²) in [4.78, 5) is 27.2. The Bertz CT molecular complexity index is 1100. The minimum atomic E-state index is -0.536. The summed E-state index contributed by atoms with van der Waals surface area (Å²) in [5.74, 6) is 0.358. The van der Waals surface area contributed by atoms with Gasteiger partial charge in [0.05, 0.1) is 5.69 Å². The lowest BCUT2D eigenvalue weighted by molar-refractivity contribution is -0.125. The number of hydrogen-bond donors (Lipinski definition) is 1. The van der Waals surface area contributed by atoms with Gasteiger partial charge in [-0.05, 0) is 61.7 Å². The van der Waals surface area contributed by atoms with E-state index in [4.69, 9.17) is 4.74 Å². The average Bonchev–Trinajstić information content (AvgIpc) is 2.77. The van der Waals surface area contributed by atoms with Gasteiger partial charge in [0.25, 0.3) is 11.8 Å². The normalized spacial score (nSPS) is 15.2. The summed E-state index contributed by atoms with van der Waals surface area (Å²) in [6.07, 6.45) is 1.18. The molecule has 1 unspecified atom stereocenters. The van der Waals surface area contributed by atoms with Gasteiger partial charge in [0.1, 0.15) is 5.75 Å². The number of carbonyl (C=O) groups excluding carboxylic acids is 2. The molecule has 0 saturated heterocycles. The van der Waals surface area contributed by atoms with Crippen LogP contribution in [0.25, 0.3) is 0 Å². The Balaban J connectivity index is 1.52. The molecule has 1 heterocycles. The van der Waals surface area contributed by atoms with Crippen LogP contribution in [0.1, 0.15) is 29.3 Å². The molecule has 31 heavy (non-hydrogen) atoms. The Kier molecular flexibility index (Phi) is 6.37. The van der Waals surface area contributed by atoms with E-state index in [1.165, 1.54) is 5.56 Å². The molecule has 0 bridgehead atoms. The Morgan fingerprint density at radius 3 is 2.65 bits per heavy atom. The van der Waals surface area contributed by atoms with Crippen molar-refractivity contribution < 1.29 is 14.3 Å². The van der Waals surface area contributed by atoms with Gasteiger partial charge in [-0.15, -0.1) is 0 Å². The van der Waals surface area contributed by atoms with Gasteiger partial charge in [-0.25, -0.2) is 0 Å². The lowest BCUT2D eigenvalue weighted by Gasteiger charge is -2.33. The van der Waals surface area contributed by atoms with E-state index in [9.17, 15) is 9.59 Å². The number of fused-ring (bicyclic) bond motifs is 1. The molecule has 3 aromatic carbocycles. The van der Waals surface area contributed by atoms with Crippen LogP contribution in [0.15, 0.2) is 77.3 Å². The first kappa shape index (κ1) is 21.1. The zero-order valence-electron chi connectivity index (χ0n) is 17.2. The van der Waals surface area contributed by atoms with Crippen molar-refractivity contribution in [2.45, 2.75) is 25.9 Å². The third-order valence-electron chi connectivity index (χ3n) is 5.20. The number of aryl methyl sites for hydroxylation is 1. The Morgan fingerprint density at radius 2 is 1.87 bits per heavy atom. The molecular formula is C25H23BrN2O3. The first-order valence-electron chi connectivity index (χ1n) is 10.2. The first-order chi connectivity index (χ1) is 15.0. The van der Waals surface area contributed by atoms with Crippen molar-refractivity contribution in [1.82, 2.24) is 0 Å². The summed E-state index contributed by atoms with van der Waals surface area (Å²) in [6, 6.07) is 22.8. The third kappa shape index (κ3) is 4.97. The quantitative estimate of drug-likeness (QED) is 0.512. The molecule has 5 nitrogen and oxygen atoms in total. The molecule has 158 valence electrons. The highest BCUT2D eigenvalue weighted by atomic mass is 79.9. The van der Waals surface area contributed by atoms with E-state index in [0.29, 0.717) is 29.2 Å². The van der Waals surface area contributed by atoms with Crippen LogP contribution in [0.4, 0.5) is 11.4 Å². The number of nitrogens with zero attached hydrogens (tertiary/aromatic N) is 1. The molecule has 6 heteroatoms. The van der Waals surface area contributed by atoms with E-state index in [0.717, 1.165) is 17.3 Å². The van der Waals surface area contributed by atoms with Crippen molar-refractivity contribution in [3.8, 4) is 5.75 Å². The summed E-state index contributed by atoms with van der Waals surface area (Å²) in [7, 11) is 0. The Hall–Kier alpha value is -3.12. The van der Waals surface area contributed by atoms with Crippen LogP contribution in [-0.2, 0) is 11.2 Å². The molecule has 1 atom stereocenters. The van der Waals surface area contributed by atoms with Crippen LogP contribution >= 0.6 is 15.9 Å². The minimum Gasteiger partial charge on any atom is -0.479 e. The topological polar surface area (TPSA) is 58.6 Å². The van der Waals surface area contributed by atoms with Gasteiger partial charge in [0.2, 0.25) is 0 Å². The summed E-state index contributed by atoms with van der Waals surface area (Å²) >= 11 is 3.39. The van der Waals surface area contributed by atoms with Crippen LogP contribution < -0.4 is 15.0 Å². The second-order valence-electron chi connectivity index (χ2n) is 7.49. The largest absolute Gasteiger partial charge is 0.479 e. The highest BCUT2D eigenvalue weighted by Gasteiger charge is 2.31. The lowest BCUT2D eigenvalue weighted by atomic mass is 10.1. The minimum absolute atomic E-state index is 0.0731. The van der Waals surface area contributed by atoms with E-state index < -0.39 is 6.10 Å². The molecule has 2 amide bonds. The van der Waals surface area contributed by atoms with Crippen molar-refractivity contribution in [2.75, 3.05) is 16.8 Å². The van der Waals surface area contributed by atoms with Crippen molar-refractivity contribution in [3.63, 3.8) is 0 Å². The molecule has 0 fully saturated rings. The number of hydrogen-bond acceptors (Lipinski definition) is 3. The smallest absolute Gasteiger partial charge is 0.267 e. The maximum absolute atomic E-state index is 12.8. The van der Waals surface area contributed by atoms with E-state index >= 15 is 0 Å². The second kappa shape index (κ2) is 9.35. The molecule has 0 radical (unpaired) electrons. The van der Waals surface area contributed by atoms with Crippen LogP contribution in [-0.4, -0.2) is 24.5 Å². The van der Waals surface area contributed by atoms with Gasteiger partial charge >= 0.3 is 0 Å². The number of nitrogens with one attached hydrogen (secondary N) is 1. The Morgan fingerprint density at radius 1 is 1.06 bits per heavy atom. The Labute approximate surface area is 190 Å². The van der Waals surface area contributed by atoms with Crippen LogP contribution in [0.2, 0.25) is 0 Å². The van der Waals surface area contributed by atoms with Crippen LogP contribution in [0.3, 0.4) is 0 Å². The molecule has 1 aliphatic rings. The molecule has 1 aliphatic heterocycles. The lowest BCUT2D eigenvalue weighted by Crippen LogP contribution is -2.45. The van der Waals surface area contributed by atoms with Gasteiger partial charge < -0.3 is 15.0 Å². The molecule has 0 aromatic heterocycles. The number of rotatable bonds is 6. The van der Waals surface area contributed by atoms with Gasteiger partial charge in [-0.1, -0.05) is 52.3 Å². The van der Waals surface area contributed by atoms with E-state index in [1.807, 2.05) is 30.3 Å². The highest BCUT2D eigenvalue weighted by molar-refractivity contribution is 9.10. The van der Waals surface area contributed by atoms with Crippen molar-refractivity contribution in [3.05, 3.63) is 88.4 Å². The zero-order chi connectivity index (χ0) is 21.8. The van der Waals surface area contributed by atoms with Gasteiger partial charge in [-0.2, -0.15) is 0 Å². The molecule has 3 aromatic rings. The molecule has 1 N–H and O–H groups in total. The summed E-state index contributed by atoms with van der Waals surface area (Å²) < 4.78 is 6.63. The highest BCUT2D eigenvalue weighted by Crippen LogP contribution is 2.36. The van der Waals surface area contributed by atoms with Gasteiger partial charge in [0.15, 0.2) is 6.10 Å². The number of anilines is 2. The maximum atomic E-state index is 12.8. The number of benzene rings is 3. The van der Waals surface area contributed by atoms with E-state index in [1.54, 1.807) is 42.2 Å². The number of ether oxygens (including phenoxy) is 1. The van der Waals surface area contributed by atoms with Crippen LogP contribution in [0.5, 0.6) is 5.75 Å². The predicted molar refractivity (Wildman–Crippen MR) is 126 cm³/mol. The maximum Gasteiger partial charge on any atom is 0.267 e. The molecule has 0 spiro atoms. The first-order valence-corrected chi connectivity index (χ1v) is 11.0. The van der Waals surface area contributed by atoms with Gasteiger partial charge in [-0.3, -0.25) is 9.59 Å². The average molecular weight is 479 g/mol. The monoisotopic (exact) mass is 478 g/mol. The van der Waals surface area contributed by atoms with Crippen LogP contribution in [0, 0.1) is 0 Å². The van der Waals surface area contributed by atoms with E-state index in [-0.39, 0.29) is 11.8 Å². The summed E-state index contributed by atoms with van der Waals surface area (Å²) in [6.45, 7) is 2.34. The molecule has 0 saturated carbocycles. The number of carbonyl (C=O) groups is 2. The SMILES string of the molecule is CC1Oc2ccc(NC(=O)c3cccc(Br)c3)cc2N(CCCc2ccccc2)C1=O. The fourth-order valence-corrected chi connectivity index (χ4v) is 4.03. The number of amides is 2. The van der Waals surface area contributed by atoms with Gasteiger partial charge in [0, 0.05) is 22.3 Å². The van der Waals surface area contributed by atoms with Crippen molar-refractivity contribution in [2.24, 2.45) is 0 Å². The third-order valence-corrected chi connectivity index (χ3v) is 5.70. The van der Waals surface area contributed by atoms with Crippen molar-refractivity contribution >= 4 is 39.1 Å². The van der Waals surface area contributed by atoms with E-state index in [2.05, 4.69) is 33.4 Å². The standard InChI is InChI=1S/C25H23BrN2O3/c1-17-25(30)28(14-6-9-18-7-3-2-4-8-18)22-16-21(12-13-23(22)31-17)27-24(29)19-10-5-11-20(26)15-19/h2-5,7-8,10-13,15-17H,6,9,14H2,1H3,(H,27,29). The fraction of sp³-hybridized carbons (Fsp3) is 0.200. The molecule has 4 rings (SSSR count). The number of halogens is 1. The fourth-order valence-electron chi connectivity index (χ4n) is 3.63. The summed E-state index contributed by atoms with van der Waals surface area (Å²) in [5, 5.41) is 2.91.